The number of fused-ring (bicyclic) bond motifs is 1. The Labute approximate surface area is 124 Å². The quantitative estimate of drug-likeness (QED) is 0.756. The van der Waals surface area contributed by atoms with E-state index in [1.54, 1.807) is 35.8 Å². The molecule has 20 heavy (non-hydrogen) atoms. The van der Waals surface area contributed by atoms with Crippen LogP contribution in [0.3, 0.4) is 0 Å². The summed E-state index contributed by atoms with van der Waals surface area (Å²) < 4.78 is 2.74. The van der Waals surface area contributed by atoms with Gasteiger partial charge < -0.3 is 4.57 Å². The highest BCUT2D eigenvalue weighted by Gasteiger charge is 2.14. The Hall–Kier alpha value is -1.86. The van der Waals surface area contributed by atoms with Gasteiger partial charge in [0.2, 0.25) is 0 Å². The molecule has 102 valence electrons. The number of rotatable bonds is 3. The molecular formula is C13H12N4OS2. The smallest absolute Gasteiger partial charge is 0.293 e. The molecule has 7 heteroatoms. The van der Waals surface area contributed by atoms with Crippen molar-refractivity contribution in [2.24, 2.45) is 7.05 Å². The van der Waals surface area contributed by atoms with Crippen molar-refractivity contribution in [3.05, 3.63) is 36.4 Å². The maximum atomic E-state index is 12.1. The Morgan fingerprint density at radius 2 is 2.30 bits per heavy atom. The molecule has 0 spiro atoms. The molecule has 5 nitrogen and oxygen atoms in total. The standard InChI is InChI=1S/C13H12N4OS2/c1-17-7-6-14-11(17)12(18)16-13-15-10-8(19-2)4-3-5-9(10)20-13/h3-7H,1-2H3,(H,15,16,18). The summed E-state index contributed by atoms with van der Waals surface area (Å²) in [5, 5.41) is 3.39. The van der Waals surface area contributed by atoms with Crippen molar-refractivity contribution < 1.29 is 4.79 Å². The van der Waals surface area contributed by atoms with E-state index in [2.05, 4.69) is 15.3 Å². The van der Waals surface area contributed by atoms with Crippen LogP contribution in [0.4, 0.5) is 5.13 Å². The molecule has 1 aromatic carbocycles. The molecule has 1 N–H and O–H groups in total. The maximum absolute atomic E-state index is 12.1. The SMILES string of the molecule is CSc1cccc2sc(NC(=O)c3nccn3C)nc12. The Morgan fingerprint density at radius 3 is 3.00 bits per heavy atom. The summed E-state index contributed by atoms with van der Waals surface area (Å²) >= 11 is 3.11. The van der Waals surface area contributed by atoms with Gasteiger partial charge in [-0.25, -0.2) is 9.97 Å². The highest BCUT2D eigenvalue weighted by molar-refractivity contribution is 7.98. The number of nitrogens with one attached hydrogen (secondary N) is 1. The monoisotopic (exact) mass is 304 g/mol. The molecular weight excluding hydrogens is 292 g/mol. The van der Waals surface area contributed by atoms with Gasteiger partial charge in [-0.3, -0.25) is 10.1 Å². The van der Waals surface area contributed by atoms with Gasteiger partial charge in [0, 0.05) is 24.3 Å². The van der Waals surface area contributed by atoms with Gasteiger partial charge in [0.25, 0.3) is 5.91 Å². The van der Waals surface area contributed by atoms with Gasteiger partial charge in [-0.2, -0.15) is 0 Å². The van der Waals surface area contributed by atoms with E-state index in [1.807, 2.05) is 24.5 Å². The summed E-state index contributed by atoms with van der Waals surface area (Å²) in [6.45, 7) is 0. The first-order valence-electron chi connectivity index (χ1n) is 5.91. The van der Waals surface area contributed by atoms with Crippen LogP contribution in [0.15, 0.2) is 35.5 Å². The highest BCUT2D eigenvalue weighted by atomic mass is 32.2. The number of aromatic nitrogens is 3. The van der Waals surface area contributed by atoms with Crippen LogP contribution in [0.5, 0.6) is 0 Å². The molecule has 0 unspecified atom stereocenters. The number of amides is 1. The first-order valence-corrected chi connectivity index (χ1v) is 7.95. The average molecular weight is 304 g/mol. The van der Waals surface area contributed by atoms with Gasteiger partial charge in [-0.1, -0.05) is 17.4 Å². The van der Waals surface area contributed by atoms with Crippen molar-refractivity contribution >= 4 is 44.4 Å². The lowest BCUT2D eigenvalue weighted by atomic mass is 10.3. The molecule has 3 rings (SSSR count). The second kappa shape index (κ2) is 5.26. The van der Waals surface area contributed by atoms with Crippen molar-refractivity contribution in [2.75, 3.05) is 11.6 Å². The lowest BCUT2D eigenvalue weighted by Gasteiger charge is -2.00. The van der Waals surface area contributed by atoms with E-state index in [0.717, 1.165) is 15.1 Å². The number of para-hydroxylation sites is 1. The fourth-order valence-corrected chi connectivity index (χ4v) is 3.39. The number of aryl methyl sites for hydroxylation is 1. The predicted octanol–water partition coefficient (Wildman–Crippen LogP) is 3.00. The van der Waals surface area contributed by atoms with Crippen molar-refractivity contribution in [1.29, 1.82) is 0 Å². The largest absolute Gasteiger partial charge is 0.330 e. The number of hydrogen-bond donors (Lipinski definition) is 1. The fraction of sp³-hybridized carbons (Fsp3) is 0.154. The second-order valence-corrected chi connectivity index (χ2v) is 6.02. The summed E-state index contributed by atoms with van der Waals surface area (Å²) in [5.41, 5.74) is 0.931. The number of carbonyl (C=O) groups is 1. The summed E-state index contributed by atoms with van der Waals surface area (Å²) in [6.07, 6.45) is 5.35. The number of imidazole rings is 1. The third-order valence-corrected chi connectivity index (χ3v) is 4.55. The van der Waals surface area contributed by atoms with Crippen LogP contribution < -0.4 is 5.32 Å². The minimum Gasteiger partial charge on any atom is -0.330 e. The van der Waals surface area contributed by atoms with Crippen LogP contribution in [0.25, 0.3) is 10.2 Å². The van der Waals surface area contributed by atoms with E-state index in [4.69, 9.17) is 0 Å². The molecule has 0 atom stereocenters. The molecule has 0 aliphatic heterocycles. The Kier molecular flexibility index (Phi) is 3.45. The van der Waals surface area contributed by atoms with Crippen LogP contribution in [0, 0.1) is 0 Å². The first-order chi connectivity index (χ1) is 9.69. The zero-order chi connectivity index (χ0) is 14.1. The molecule has 0 radical (unpaired) electrons. The van der Waals surface area contributed by atoms with Gasteiger partial charge in [-0.15, -0.1) is 11.8 Å². The van der Waals surface area contributed by atoms with Gasteiger partial charge in [0.15, 0.2) is 11.0 Å². The molecule has 0 fully saturated rings. The average Bonchev–Trinajstić information content (AvgIpc) is 3.03. The normalized spacial score (nSPS) is 10.9. The molecule has 0 aliphatic carbocycles. The van der Waals surface area contributed by atoms with Crippen molar-refractivity contribution in [2.45, 2.75) is 4.90 Å². The van der Waals surface area contributed by atoms with Gasteiger partial charge in [-0.05, 0) is 18.4 Å². The van der Waals surface area contributed by atoms with Crippen LogP contribution in [-0.4, -0.2) is 26.7 Å². The van der Waals surface area contributed by atoms with Crippen LogP contribution in [-0.2, 0) is 7.05 Å². The Bertz CT molecular complexity index is 778. The molecule has 2 heterocycles. The van der Waals surface area contributed by atoms with Gasteiger partial charge in [0.05, 0.1) is 10.2 Å². The highest BCUT2D eigenvalue weighted by Crippen LogP contribution is 2.32. The molecule has 0 bridgehead atoms. The number of thiazole rings is 1. The van der Waals surface area contributed by atoms with Crippen LogP contribution in [0.1, 0.15) is 10.6 Å². The molecule has 1 amide bonds. The molecule has 3 aromatic rings. The van der Waals surface area contributed by atoms with E-state index in [0.29, 0.717) is 11.0 Å². The molecule has 0 saturated carbocycles. The Morgan fingerprint density at radius 1 is 1.45 bits per heavy atom. The maximum Gasteiger partial charge on any atom is 0.293 e. The third-order valence-electron chi connectivity index (χ3n) is 2.85. The Balaban J connectivity index is 1.92. The number of thioether (sulfide) groups is 1. The number of nitrogens with zero attached hydrogens (tertiary/aromatic N) is 3. The fourth-order valence-electron chi connectivity index (χ4n) is 1.88. The van der Waals surface area contributed by atoms with Crippen LogP contribution >= 0.6 is 23.1 Å². The van der Waals surface area contributed by atoms with Gasteiger partial charge >= 0.3 is 0 Å². The summed E-state index contributed by atoms with van der Waals surface area (Å²) in [6, 6.07) is 6.02. The van der Waals surface area contributed by atoms with Gasteiger partial charge in [0.1, 0.15) is 0 Å². The number of carbonyl (C=O) groups excluding carboxylic acids is 1. The summed E-state index contributed by atoms with van der Waals surface area (Å²) in [7, 11) is 1.78. The van der Waals surface area contributed by atoms with Crippen LogP contribution in [0.2, 0.25) is 0 Å². The number of hydrogen-bond acceptors (Lipinski definition) is 5. The predicted molar refractivity (Wildman–Crippen MR) is 82.6 cm³/mol. The van der Waals surface area contributed by atoms with Crippen molar-refractivity contribution in [3.8, 4) is 0 Å². The van der Waals surface area contributed by atoms with Crippen molar-refractivity contribution in [1.82, 2.24) is 14.5 Å². The third kappa shape index (κ3) is 2.30. The first kappa shape index (κ1) is 13.1. The minimum atomic E-state index is -0.248. The van der Waals surface area contributed by atoms with E-state index in [1.165, 1.54) is 11.3 Å². The molecule has 0 saturated heterocycles. The van der Waals surface area contributed by atoms with Crippen molar-refractivity contribution in [3.63, 3.8) is 0 Å². The number of benzene rings is 1. The van der Waals surface area contributed by atoms with E-state index in [-0.39, 0.29) is 5.91 Å². The minimum absolute atomic E-state index is 0.248. The lowest BCUT2D eigenvalue weighted by Crippen LogP contribution is -2.16. The lowest BCUT2D eigenvalue weighted by molar-refractivity contribution is 0.101. The zero-order valence-corrected chi connectivity index (χ0v) is 12.6. The molecule has 0 aliphatic rings. The number of anilines is 1. The topological polar surface area (TPSA) is 59.8 Å². The van der Waals surface area contributed by atoms with E-state index < -0.39 is 0 Å². The van der Waals surface area contributed by atoms with E-state index >= 15 is 0 Å². The summed E-state index contributed by atoms with van der Waals surface area (Å²) in [4.78, 5) is 21.7. The zero-order valence-electron chi connectivity index (χ0n) is 11.0. The van der Waals surface area contributed by atoms with E-state index in [9.17, 15) is 4.79 Å². The molecule has 2 aromatic heterocycles. The second-order valence-electron chi connectivity index (χ2n) is 4.14. The summed E-state index contributed by atoms with van der Waals surface area (Å²) in [5.74, 6) is 0.122.